The van der Waals surface area contributed by atoms with Crippen molar-refractivity contribution < 1.29 is 14.3 Å². The summed E-state index contributed by atoms with van der Waals surface area (Å²) < 4.78 is 11.9. The summed E-state index contributed by atoms with van der Waals surface area (Å²) in [6.07, 6.45) is 8.01. The molecule has 2 aliphatic carbocycles. The average Bonchev–Trinajstić information content (AvgIpc) is 2.79. The first-order valence-corrected chi connectivity index (χ1v) is 9.63. The van der Waals surface area contributed by atoms with Gasteiger partial charge in [0.1, 0.15) is 4.93 Å². The molecule has 0 amide bonds. The molecule has 4 heteroatoms. The fraction of sp³-hybridized carbons (Fsp3) is 0.944. The van der Waals surface area contributed by atoms with E-state index in [1.807, 2.05) is 11.8 Å². The van der Waals surface area contributed by atoms with Crippen LogP contribution >= 0.6 is 11.8 Å². The minimum absolute atomic E-state index is 0.0904. The number of carbonyl (C=O) groups is 1. The molecule has 0 radical (unpaired) electrons. The van der Waals surface area contributed by atoms with Gasteiger partial charge in [-0.15, -0.1) is 11.8 Å². The lowest BCUT2D eigenvalue weighted by molar-refractivity contribution is -0.148. The normalized spacial score (nSPS) is 43.8. The van der Waals surface area contributed by atoms with Crippen molar-refractivity contribution in [1.82, 2.24) is 0 Å². The number of rotatable bonds is 2. The minimum Gasteiger partial charge on any atom is -0.469 e. The molecule has 126 valence electrons. The lowest BCUT2D eigenvalue weighted by Gasteiger charge is -2.55. The van der Waals surface area contributed by atoms with Crippen LogP contribution in [0.5, 0.6) is 0 Å². The smallest absolute Gasteiger partial charge is 0.305 e. The van der Waals surface area contributed by atoms with Crippen LogP contribution in [0.4, 0.5) is 0 Å². The zero-order chi connectivity index (χ0) is 16.0. The molecule has 22 heavy (non-hydrogen) atoms. The molecule has 3 nitrogen and oxygen atoms in total. The van der Waals surface area contributed by atoms with Gasteiger partial charge in [0, 0.05) is 10.7 Å². The second-order valence-electron chi connectivity index (χ2n) is 8.07. The lowest BCUT2D eigenvalue weighted by atomic mass is 9.74. The van der Waals surface area contributed by atoms with Crippen LogP contribution in [0.15, 0.2) is 0 Å². The van der Waals surface area contributed by atoms with E-state index in [1.165, 1.54) is 26.4 Å². The van der Waals surface area contributed by atoms with Crippen molar-refractivity contribution in [3.05, 3.63) is 0 Å². The van der Waals surface area contributed by atoms with E-state index in [9.17, 15) is 4.79 Å². The van der Waals surface area contributed by atoms with Crippen molar-refractivity contribution in [2.24, 2.45) is 17.8 Å². The number of thioether (sulfide) groups is 1. The summed E-state index contributed by atoms with van der Waals surface area (Å²) >= 11 is 2.02. The first-order valence-electron chi connectivity index (χ1n) is 8.81. The third-order valence-electron chi connectivity index (χ3n) is 6.07. The Morgan fingerprint density at radius 3 is 2.82 bits per heavy atom. The highest BCUT2D eigenvalue weighted by Gasteiger charge is 2.57. The van der Waals surface area contributed by atoms with Gasteiger partial charge >= 0.3 is 5.97 Å². The van der Waals surface area contributed by atoms with Gasteiger partial charge in [0.25, 0.3) is 0 Å². The maximum atomic E-state index is 11.8. The van der Waals surface area contributed by atoms with Gasteiger partial charge in [-0.3, -0.25) is 4.79 Å². The Kier molecular flexibility index (Phi) is 4.54. The van der Waals surface area contributed by atoms with E-state index >= 15 is 0 Å². The molecule has 0 unspecified atom stereocenters. The van der Waals surface area contributed by atoms with E-state index in [4.69, 9.17) is 9.47 Å². The fourth-order valence-electron chi connectivity index (χ4n) is 4.91. The molecule has 0 bridgehead atoms. The molecule has 3 rings (SSSR count). The van der Waals surface area contributed by atoms with Crippen molar-refractivity contribution in [2.45, 2.75) is 81.5 Å². The molecule has 1 saturated heterocycles. The summed E-state index contributed by atoms with van der Waals surface area (Å²) in [5.41, 5.74) is 0. The maximum Gasteiger partial charge on any atom is 0.305 e. The quantitative estimate of drug-likeness (QED) is 0.705. The summed E-state index contributed by atoms with van der Waals surface area (Å²) in [4.78, 5) is 11.6. The highest BCUT2D eigenvalue weighted by molar-refractivity contribution is 8.01. The molecule has 3 aliphatic rings. The molecule has 1 heterocycles. The Bertz CT molecular complexity index is 436. The van der Waals surface area contributed by atoms with E-state index in [0.717, 1.165) is 25.2 Å². The first kappa shape index (κ1) is 16.6. The molecular formula is C18H30O3S. The lowest BCUT2D eigenvalue weighted by Crippen LogP contribution is -2.55. The van der Waals surface area contributed by atoms with Crippen molar-refractivity contribution in [2.75, 3.05) is 7.11 Å². The highest BCUT2D eigenvalue weighted by Crippen LogP contribution is 2.61. The Morgan fingerprint density at radius 1 is 1.32 bits per heavy atom. The standard InChI is InChI=1S/C18H30O3S/c1-12-7-8-14-15(10-12)21-18(22-17(14,2)3)9-5-6-13(18)11-16(19)20-4/h12-15H,5-11H2,1-4H3/t12-,13+,14-,15-,18-/m1/s1. The summed E-state index contributed by atoms with van der Waals surface area (Å²) in [7, 11) is 1.49. The molecule has 5 atom stereocenters. The van der Waals surface area contributed by atoms with E-state index in [1.54, 1.807) is 0 Å². The Balaban J connectivity index is 1.82. The molecule has 1 aliphatic heterocycles. The highest BCUT2D eigenvalue weighted by atomic mass is 32.2. The summed E-state index contributed by atoms with van der Waals surface area (Å²) in [6.45, 7) is 7.13. The summed E-state index contributed by atoms with van der Waals surface area (Å²) in [6, 6.07) is 0. The number of ether oxygens (including phenoxy) is 2. The van der Waals surface area contributed by atoms with Gasteiger partial charge < -0.3 is 9.47 Å². The molecule has 0 aromatic heterocycles. The van der Waals surface area contributed by atoms with Crippen LogP contribution in [0.2, 0.25) is 0 Å². The van der Waals surface area contributed by atoms with E-state index in [-0.39, 0.29) is 15.6 Å². The van der Waals surface area contributed by atoms with E-state index in [2.05, 4.69) is 20.8 Å². The molecule has 1 spiro atoms. The number of esters is 1. The Labute approximate surface area is 138 Å². The van der Waals surface area contributed by atoms with Crippen molar-refractivity contribution >= 4 is 17.7 Å². The maximum absolute atomic E-state index is 11.8. The molecule has 0 aromatic carbocycles. The van der Waals surface area contributed by atoms with Gasteiger partial charge in [-0.25, -0.2) is 0 Å². The third kappa shape index (κ3) is 2.93. The van der Waals surface area contributed by atoms with Crippen LogP contribution in [-0.2, 0) is 14.3 Å². The number of carbonyl (C=O) groups excluding carboxylic acids is 1. The second-order valence-corrected chi connectivity index (χ2v) is 10.0. The summed E-state index contributed by atoms with van der Waals surface area (Å²) in [5, 5.41) is 0. The van der Waals surface area contributed by atoms with Gasteiger partial charge in [-0.2, -0.15) is 0 Å². The largest absolute Gasteiger partial charge is 0.469 e. The van der Waals surface area contributed by atoms with E-state index < -0.39 is 0 Å². The van der Waals surface area contributed by atoms with Crippen LogP contribution in [-0.4, -0.2) is 28.9 Å². The van der Waals surface area contributed by atoms with Crippen LogP contribution < -0.4 is 0 Å². The Morgan fingerprint density at radius 2 is 2.09 bits per heavy atom. The van der Waals surface area contributed by atoms with Crippen LogP contribution in [0.1, 0.15) is 65.7 Å². The molecule has 2 saturated carbocycles. The zero-order valence-electron chi connectivity index (χ0n) is 14.4. The molecule has 0 aromatic rings. The van der Waals surface area contributed by atoms with Gasteiger partial charge in [0.15, 0.2) is 0 Å². The molecule has 0 N–H and O–H groups in total. The number of fused-ring (bicyclic) bond motifs is 1. The van der Waals surface area contributed by atoms with Crippen LogP contribution in [0.3, 0.4) is 0 Å². The van der Waals surface area contributed by atoms with Crippen molar-refractivity contribution in [3.8, 4) is 0 Å². The van der Waals surface area contributed by atoms with Crippen molar-refractivity contribution in [1.29, 1.82) is 0 Å². The SMILES string of the molecule is COC(=O)C[C@@H]1CCC[C@]12O[C@@H]1C[C@H](C)CC[C@H]1C(C)(C)S2. The van der Waals surface area contributed by atoms with Crippen LogP contribution in [0, 0.1) is 17.8 Å². The minimum atomic E-state index is -0.157. The Hall–Kier alpha value is -0.220. The predicted molar refractivity (Wildman–Crippen MR) is 89.8 cm³/mol. The third-order valence-corrected chi connectivity index (χ3v) is 7.88. The van der Waals surface area contributed by atoms with E-state index in [0.29, 0.717) is 24.4 Å². The van der Waals surface area contributed by atoms with Gasteiger partial charge in [0.2, 0.25) is 0 Å². The first-order chi connectivity index (χ1) is 10.4. The van der Waals surface area contributed by atoms with Gasteiger partial charge in [0.05, 0.1) is 19.6 Å². The zero-order valence-corrected chi connectivity index (χ0v) is 15.2. The van der Waals surface area contributed by atoms with Crippen molar-refractivity contribution in [3.63, 3.8) is 0 Å². The van der Waals surface area contributed by atoms with Crippen LogP contribution in [0.25, 0.3) is 0 Å². The summed E-state index contributed by atoms with van der Waals surface area (Å²) in [5.74, 6) is 1.63. The number of hydrogen-bond acceptors (Lipinski definition) is 4. The molecular weight excluding hydrogens is 296 g/mol. The number of methoxy groups -OCH3 is 1. The topological polar surface area (TPSA) is 35.5 Å². The monoisotopic (exact) mass is 326 g/mol. The number of hydrogen-bond donors (Lipinski definition) is 0. The average molecular weight is 327 g/mol. The second kappa shape index (κ2) is 6.01. The van der Waals surface area contributed by atoms with Gasteiger partial charge in [-0.1, -0.05) is 27.2 Å². The van der Waals surface area contributed by atoms with Gasteiger partial charge in [-0.05, 0) is 43.9 Å². The predicted octanol–water partition coefficient (Wildman–Crippen LogP) is 4.39. The molecule has 3 fully saturated rings. The fourth-order valence-corrected chi connectivity index (χ4v) is 7.00.